The van der Waals surface area contributed by atoms with E-state index in [9.17, 15) is 13.2 Å². The van der Waals surface area contributed by atoms with Gasteiger partial charge in [-0.15, -0.1) is 0 Å². The van der Waals surface area contributed by atoms with Gasteiger partial charge in [0.1, 0.15) is 0 Å². The maximum Gasteiger partial charge on any atom is 0.261 e. The van der Waals surface area contributed by atoms with Crippen molar-refractivity contribution < 1.29 is 13.2 Å². The summed E-state index contributed by atoms with van der Waals surface area (Å²) in [6.07, 6.45) is 4.31. The number of benzene rings is 2. The van der Waals surface area contributed by atoms with Crippen LogP contribution < -0.4 is 10.0 Å². The number of carbonyl (C=O) groups is 1. The molecule has 0 fully saturated rings. The van der Waals surface area contributed by atoms with Gasteiger partial charge in [0.15, 0.2) is 0 Å². The number of hydrogen-bond donors (Lipinski definition) is 2. The molecule has 7 heteroatoms. The molecule has 0 aliphatic carbocycles. The first-order chi connectivity index (χ1) is 13.4. The first kappa shape index (κ1) is 22.2. The summed E-state index contributed by atoms with van der Waals surface area (Å²) in [5, 5.41) is 3.20. The van der Waals surface area contributed by atoms with Crippen molar-refractivity contribution >= 4 is 33.2 Å². The summed E-state index contributed by atoms with van der Waals surface area (Å²) < 4.78 is 27.4. The smallest absolute Gasteiger partial charge is 0.261 e. The first-order valence-electron chi connectivity index (χ1n) is 9.53. The van der Waals surface area contributed by atoms with Gasteiger partial charge in [-0.3, -0.25) is 9.52 Å². The molecule has 5 nitrogen and oxygen atoms in total. The normalized spacial score (nSPS) is 12.4. The lowest BCUT2D eigenvalue weighted by Gasteiger charge is -2.16. The Morgan fingerprint density at radius 2 is 1.82 bits per heavy atom. The molecule has 0 saturated carbocycles. The maximum atomic E-state index is 12.6. The van der Waals surface area contributed by atoms with Gasteiger partial charge in [-0.05, 0) is 42.7 Å². The molecule has 2 aromatic carbocycles. The molecule has 152 valence electrons. The van der Waals surface area contributed by atoms with Gasteiger partial charge in [-0.1, -0.05) is 62.9 Å². The Balaban J connectivity index is 2.11. The van der Waals surface area contributed by atoms with Crippen LogP contribution >= 0.6 is 11.6 Å². The monoisotopic (exact) mass is 422 g/mol. The van der Waals surface area contributed by atoms with Gasteiger partial charge in [0.25, 0.3) is 15.9 Å². The van der Waals surface area contributed by atoms with Gasteiger partial charge in [-0.2, -0.15) is 0 Å². The average molecular weight is 423 g/mol. The number of amides is 1. The molecule has 2 rings (SSSR count). The molecule has 1 atom stereocenters. The van der Waals surface area contributed by atoms with E-state index in [0.717, 1.165) is 25.7 Å². The number of halogens is 1. The number of rotatable bonds is 10. The van der Waals surface area contributed by atoms with Crippen LogP contribution in [0.25, 0.3) is 0 Å². The average Bonchev–Trinajstić information content (AvgIpc) is 2.70. The van der Waals surface area contributed by atoms with Crippen molar-refractivity contribution in [3.63, 3.8) is 0 Å². The van der Waals surface area contributed by atoms with Crippen LogP contribution in [0.15, 0.2) is 53.4 Å². The summed E-state index contributed by atoms with van der Waals surface area (Å²) in [7, 11) is -3.73. The molecule has 0 spiro atoms. The topological polar surface area (TPSA) is 75.3 Å². The number of carbonyl (C=O) groups excluding carboxylic acids is 1. The molecule has 0 radical (unpaired) electrons. The molecule has 28 heavy (non-hydrogen) atoms. The van der Waals surface area contributed by atoms with E-state index >= 15 is 0 Å². The van der Waals surface area contributed by atoms with E-state index in [0.29, 0.717) is 12.5 Å². The molecular formula is C21H27ClN2O3S. The van der Waals surface area contributed by atoms with Gasteiger partial charge < -0.3 is 5.32 Å². The Morgan fingerprint density at radius 3 is 2.46 bits per heavy atom. The number of nitrogens with one attached hydrogen (secondary N) is 2. The fourth-order valence-electron chi connectivity index (χ4n) is 2.85. The van der Waals surface area contributed by atoms with Crippen LogP contribution in [0.1, 0.15) is 49.9 Å². The molecule has 0 bridgehead atoms. The van der Waals surface area contributed by atoms with Crippen molar-refractivity contribution in [3.8, 4) is 0 Å². The molecule has 1 amide bonds. The largest absolute Gasteiger partial charge is 0.352 e. The highest BCUT2D eigenvalue weighted by molar-refractivity contribution is 7.92. The highest BCUT2D eigenvalue weighted by atomic mass is 35.5. The van der Waals surface area contributed by atoms with Crippen molar-refractivity contribution in [2.75, 3.05) is 11.3 Å². The molecule has 0 aromatic heterocycles. The van der Waals surface area contributed by atoms with E-state index in [4.69, 9.17) is 11.6 Å². The number of sulfonamides is 1. The quantitative estimate of drug-likeness (QED) is 0.560. The third kappa shape index (κ3) is 6.24. The van der Waals surface area contributed by atoms with Gasteiger partial charge in [-0.25, -0.2) is 8.42 Å². The predicted molar refractivity (Wildman–Crippen MR) is 114 cm³/mol. The highest BCUT2D eigenvalue weighted by Crippen LogP contribution is 2.23. The van der Waals surface area contributed by atoms with E-state index in [1.165, 1.54) is 30.3 Å². The minimum Gasteiger partial charge on any atom is -0.352 e. The van der Waals surface area contributed by atoms with Crippen LogP contribution in [0.3, 0.4) is 0 Å². The zero-order valence-electron chi connectivity index (χ0n) is 16.2. The molecular weight excluding hydrogens is 396 g/mol. The SMILES string of the molecule is CCCC[C@@H](CC)CNC(=O)c1cc(NS(=O)(=O)c2ccccc2)ccc1Cl. The van der Waals surface area contributed by atoms with E-state index in [1.807, 2.05) is 0 Å². The summed E-state index contributed by atoms with van der Waals surface area (Å²) in [5.41, 5.74) is 0.539. The molecule has 2 aromatic rings. The second kappa shape index (κ2) is 10.5. The van der Waals surface area contributed by atoms with Gasteiger partial charge in [0.05, 0.1) is 15.5 Å². The van der Waals surface area contributed by atoms with Gasteiger partial charge in [0, 0.05) is 12.2 Å². The molecule has 0 aliphatic rings. The Kier molecular flexibility index (Phi) is 8.33. The van der Waals surface area contributed by atoms with E-state index in [-0.39, 0.29) is 27.1 Å². The van der Waals surface area contributed by atoms with Crippen molar-refractivity contribution in [3.05, 3.63) is 59.1 Å². The van der Waals surface area contributed by atoms with Crippen molar-refractivity contribution in [1.82, 2.24) is 5.32 Å². The lowest BCUT2D eigenvalue weighted by Crippen LogP contribution is -2.29. The van der Waals surface area contributed by atoms with E-state index in [2.05, 4.69) is 23.9 Å². The van der Waals surface area contributed by atoms with Crippen LogP contribution in [0.4, 0.5) is 5.69 Å². The Hall–Kier alpha value is -2.05. The Labute approximate surface area is 172 Å². The zero-order chi connectivity index (χ0) is 20.6. The lowest BCUT2D eigenvalue weighted by molar-refractivity contribution is 0.0946. The summed E-state index contributed by atoms with van der Waals surface area (Å²) in [6.45, 7) is 4.83. The predicted octanol–water partition coefficient (Wildman–Crippen LogP) is 5.09. The molecule has 0 aliphatic heterocycles. The molecule has 0 heterocycles. The van der Waals surface area contributed by atoms with Crippen molar-refractivity contribution in [2.24, 2.45) is 5.92 Å². The standard InChI is InChI=1S/C21H27ClN2O3S/c1-3-5-9-16(4-2)15-23-21(25)19-14-17(12-13-20(19)22)24-28(26,27)18-10-7-6-8-11-18/h6-8,10-14,16,24H,3-5,9,15H2,1-2H3,(H,23,25)/t16-/m1/s1. The van der Waals surface area contributed by atoms with Gasteiger partial charge >= 0.3 is 0 Å². The second-order valence-corrected chi connectivity index (χ2v) is 8.83. The van der Waals surface area contributed by atoms with Crippen LogP contribution in [-0.4, -0.2) is 20.9 Å². The van der Waals surface area contributed by atoms with Crippen LogP contribution in [0.2, 0.25) is 5.02 Å². The van der Waals surface area contributed by atoms with Gasteiger partial charge in [0.2, 0.25) is 0 Å². The third-order valence-electron chi connectivity index (χ3n) is 4.61. The van der Waals surface area contributed by atoms with E-state index in [1.54, 1.807) is 18.2 Å². The summed E-state index contributed by atoms with van der Waals surface area (Å²) in [6, 6.07) is 12.6. The van der Waals surface area contributed by atoms with Crippen molar-refractivity contribution in [1.29, 1.82) is 0 Å². The Morgan fingerprint density at radius 1 is 1.11 bits per heavy atom. The first-order valence-corrected chi connectivity index (χ1v) is 11.4. The van der Waals surface area contributed by atoms with Crippen LogP contribution in [0.5, 0.6) is 0 Å². The fourth-order valence-corrected chi connectivity index (χ4v) is 4.13. The molecule has 2 N–H and O–H groups in total. The summed E-state index contributed by atoms with van der Waals surface area (Å²) >= 11 is 6.17. The van der Waals surface area contributed by atoms with Crippen LogP contribution in [-0.2, 0) is 10.0 Å². The lowest BCUT2D eigenvalue weighted by atomic mass is 9.99. The Bertz CT molecular complexity index is 886. The number of anilines is 1. The number of unbranched alkanes of at least 4 members (excludes halogenated alkanes) is 1. The van der Waals surface area contributed by atoms with Crippen LogP contribution in [0, 0.1) is 5.92 Å². The van der Waals surface area contributed by atoms with Crippen molar-refractivity contribution in [2.45, 2.75) is 44.4 Å². The number of hydrogen-bond acceptors (Lipinski definition) is 3. The third-order valence-corrected chi connectivity index (χ3v) is 6.34. The highest BCUT2D eigenvalue weighted by Gasteiger charge is 2.17. The fraction of sp³-hybridized carbons (Fsp3) is 0.381. The molecule has 0 saturated heterocycles. The minimum atomic E-state index is -3.73. The summed E-state index contributed by atoms with van der Waals surface area (Å²) in [5.74, 6) is 0.114. The minimum absolute atomic E-state index is 0.151. The zero-order valence-corrected chi connectivity index (χ0v) is 17.8. The molecule has 0 unspecified atom stereocenters. The second-order valence-electron chi connectivity index (χ2n) is 6.74. The summed E-state index contributed by atoms with van der Waals surface area (Å²) in [4.78, 5) is 12.7. The van der Waals surface area contributed by atoms with E-state index < -0.39 is 10.0 Å². The maximum absolute atomic E-state index is 12.6.